The molecule has 0 radical (unpaired) electrons. The second-order valence-corrected chi connectivity index (χ2v) is 4.55. The molecule has 0 saturated carbocycles. The van der Waals surface area contributed by atoms with E-state index in [9.17, 15) is 4.79 Å². The van der Waals surface area contributed by atoms with Gasteiger partial charge in [-0.05, 0) is 18.6 Å². The quantitative estimate of drug-likeness (QED) is 0.888. The normalized spacial score (nSPS) is 10.1. The molecular weight excluding hydrogens is 276 g/mol. The van der Waals surface area contributed by atoms with Gasteiger partial charge in [0, 0.05) is 6.54 Å². The molecule has 1 amide bonds. The van der Waals surface area contributed by atoms with Crippen molar-refractivity contribution in [3.05, 3.63) is 47.4 Å². The number of nitrogens with zero attached hydrogens (tertiary/aromatic N) is 2. The van der Waals surface area contributed by atoms with Gasteiger partial charge in [0.25, 0.3) is 5.91 Å². The number of carbonyl (C=O) groups excluding carboxylic acids is 1. The van der Waals surface area contributed by atoms with Crippen molar-refractivity contribution in [2.24, 2.45) is 0 Å². The molecule has 2 rings (SSSR count). The Kier molecular flexibility index (Phi) is 4.90. The van der Waals surface area contributed by atoms with Crippen molar-refractivity contribution < 1.29 is 4.79 Å². The van der Waals surface area contributed by atoms with Gasteiger partial charge in [-0.2, -0.15) is 0 Å². The minimum atomic E-state index is -0.219. The summed E-state index contributed by atoms with van der Waals surface area (Å²) in [5, 5.41) is 6.38. The molecule has 0 saturated heterocycles. The molecule has 0 bridgehead atoms. The van der Waals surface area contributed by atoms with E-state index >= 15 is 0 Å². The monoisotopic (exact) mass is 290 g/mol. The van der Waals surface area contributed by atoms with Gasteiger partial charge in [-0.1, -0.05) is 30.7 Å². The number of aromatic nitrogens is 2. The first kappa shape index (κ1) is 14.3. The molecule has 0 atom stereocenters. The second kappa shape index (κ2) is 6.86. The second-order valence-electron chi connectivity index (χ2n) is 4.15. The van der Waals surface area contributed by atoms with E-state index in [0.717, 1.165) is 12.1 Å². The molecule has 1 aromatic carbocycles. The van der Waals surface area contributed by atoms with Crippen LogP contribution in [0.2, 0.25) is 5.02 Å². The minimum absolute atomic E-state index is 0.219. The van der Waals surface area contributed by atoms with E-state index in [1.54, 1.807) is 6.07 Å². The minimum Gasteiger partial charge on any atom is -0.351 e. The molecule has 0 aliphatic carbocycles. The van der Waals surface area contributed by atoms with E-state index in [-0.39, 0.29) is 5.91 Å². The van der Waals surface area contributed by atoms with Gasteiger partial charge in [-0.3, -0.25) is 4.79 Å². The standard InChI is InChI=1S/C14H15ClN4O/c1-2-7-16-14(20)12-8-18-13(9-17-12)19-11-6-4-3-5-10(11)15/h3-6,8-9H,2,7H2,1H3,(H,16,20)(H,18,19). The number of amides is 1. The molecule has 0 fully saturated rings. The summed E-state index contributed by atoms with van der Waals surface area (Å²) in [6.07, 6.45) is 3.82. The van der Waals surface area contributed by atoms with Gasteiger partial charge in [-0.15, -0.1) is 0 Å². The lowest BCUT2D eigenvalue weighted by Crippen LogP contribution is -2.25. The maximum Gasteiger partial charge on any atom is 0.271 e. The topological polar surface area (TPSA) is 66.9 Å². The van der Waals surface area contributed by atoms with E-state index in [1.165, 1.54) is 12.4 Å². The van der Waals surface area contributed by atoms with Crippen molar-refractivity contribution in [2.45, 2.75) is 13.3 Å². The highest BCUT2D eigenvalue weighted by Gasteiger charge is 2.07. The zero-order valence-corrected chi connectivity index (χ0v) is 11.8. The summed E-state index contributed by atoms with van der Waals surface area (Å²) in [6, 6.07) is 7.34. The summed E-state index contributed by atoms with van der Waals surface area (Å²) < 4.78 is 0. The van der Waals surface area contributed by atoms with Gasteiger partial charge in [-0.25, -0.2) is 9.97 Å². The number of hydrogen-bond acceptors (Lipinski definition) is 4. The van der Waals surface area contributed by atoms with E-state index in [4.69, 9.17) is 11.6 Å². The molecule has 1 aromatic heterocycles. The molecule has 5 nitrogen and oxygen atoms in total. The van der Waals surface area contributed by atoms with Crippen molar-refractivity contribution >= 4 is 29.0 Å². The highest BCUT2D eigenvalue weighted by molar-refractivity contribution is 6.33. The van der Waals surface area contributed by atoms with Crippen molar-refractivity contribution in [2.75, 3.05) is 11.9 Å². The number of benzene rings is 1. The number of halogens is 1. The Labute approximate surface area is 122 Å². The smallest absolute Gasteiger partial charge is 0.271 e. The van der Waals surface area contributed by atoms with Gasteiger partial charge in [0.15, 0.2) is 0 Å². The predicted molar refractivity (Wildman–Crippen MR) is 79.4 cm³/mol. The fourth-order valence-electron chi connectivity index (χ4n) is 1.54. The Morgan fingerprint density at radius 1 is 1.25 bits per heavy atom. The number of anilines is 2. The molecule has 20 heavy (non-hydrogen) atoms. The van der Waals surface area contributed by atoms with Crippen LogP contribution in [0.4, 0.5) is 11.5 Å². The molecule has 0 aliphatic heterocycles. The van der Waals surface area contributed by atoms with E-state index in [0.29, 0.717) is 23.1 Å². The fourth-order valence-corrected chi connectivity index (χ4v) is 1.72. The summed E-state index contributed by atoms with van der Waals surface area (Å²) in [6.45, 7) is 2.61. The average Bonchev–Trinajstić information content (AvgIpc) is 2.48. The molecule has 0 unspecified atom stereocenters. The Balaban J connectivity index is 2.05. The van der Waals surface area contributed by atoms with Gasteiger partial charge >= 0.3 is 0 Å². The largest absolute Gasteiger partial charge is 0.351 e. The van der Waals surface area contributed by atoms with Gasteiger partial charge in [0.1, 0.15) is 11.5 Å². The van der Waals surface area contributed by atoms with Crippen LogP contribution in [0.5, 0.6) is 0 Å². The number of nitrogens with one attached hydrogen (secondary N) is 2. The zero-order chi connectivity index (χ0) is 14.4. The maximum absolute atomic E-state index is 11.7. The molecule has 0 spiro atoms. The molecular formula is C14H15ClN4O. The van der Waals surface area contributed by atoms with Gasteiger partial charge in [0.05, 0.1) is 23.1 Å². The van der Waals surface area contributed by atoms with Crippen LogP contribution in [-0.4, -0.2) is 22.4 Å². The van der Waals surface area contributed by atoms with Crippen LogP contribution in [-0.2, 0) is 0 Å². The van der Waals surface area contributed by atoms with Crippen LogP contribution in [0.3, 0.4) is 0 Å². The highest BCUT2D eigenvalue weighted by Crippen LogP contribution is 2.23. The number of hydrogen-bond donors (Lipinski definition) is 2. The molecule has 2 N–H and O–H groups in total. The third kappa shape index (κ3) is 3.68. The lowest BCUT2D eigenvalue weighted by Gasteiger charge is -2.07. The SMILES string of the molecule is CCCNC(=O)c1cnc(Nc2ccccc2Cl)cn1. The fraction of sp³-hybridized carbons (Fsp3) is 0.214. The summed E-state index contributed by atoms with van der Waals surface area (Å²) in [7, 11) is 0. The third-order valence-corrected chi connectivity index (χ3v) is 2.89. The first-order chi connectivity index (χ1) is 9.70. The molecule has 2 aromatic rings. The Hall–Kier alpha value is -2.14. The van der Waals surface area contributed by atoms with Crippen LogP contribution < -0.4 is 10.6 Å². The lowest BCUT2D eigenvalue weighted by molar-refractivity contribution is 0.0948. The van der Waals surface area contributed by atoms with Crippen molar-refractivity contribution in [3.63, 3.8) is 0 Å². The van der Waals surface area contributed by atoms with E-state index in [2.05, 4.69) is 20.6 Å². The average molecular weight is 291 g/mol. The van der Waals surface area contributed by atoms with Gasteiger partial charge in [0.2, 0.25) is 0 Å². The van der Waals surface area contributed by atoms with Crippen molar-refractivity contribution in [3.8, 4) is 0 Å². The van der Waals surface area contributed by atoms with Crippen LogP contribution in [0.25, 0.3) is 0 Å². The predicted octanol–water partition coefficient (Wildman–Crippen LogP) is 3.01. The van der Waals surface area contributed by atoms with Gasteiger partial charge < -0.3 is 10.6 Å². The Morgan fingerprint density at radius 3 is 2.70 bits per heavy atom. The number of rotatable bonds is 5. The van der Waals surface area contributed by atoms with E-state index in [1.807, 2.05) is 25.1 Å². The summed E-state index contributed by atoms with van der Waals surface area (Å²) in [4.78, 5) is 19.9. The van der Waals surface area contributed by atoms with Crippen molar-refractivity contribution in [1.29, 1.82) is 0 Å². The molecule has 1 heterocycles. The first-order valence-corrected chi connectivity index (χ1v) is 6.70. The Bertz CT molecular complexity index is 586. The Morgan fingerprint density at radius 2 is 2.05 bits per heavy atom. The summed E-state index contributed by atoms with van der Waals surface area (Å²) >= 11 is 6.04. The molecule has 6 heteroatoms. The summed E-state index contributed by atoms with van der Waals surface area (Å²) in [5.74, 6) is 0.314. The number of para-hydroxylation sites is 1. The summed E-state index contributed by atoms with van der Waals surface area (Å²) in [5.41, 5.74) is 1.04. The van der Waals surface area contributed by atoms with Crippen LogP contribution >= 0.6 is 11.6 Å². The molecule has 0 aliphatic rings. The van der Waals surface area contributed by atoms with Crippen molar-refractivity contribution in [1.82, 2.24) is 15.3 Å². The first-order valence-electron chi connectivity index (χ1n) is 6.32. The van der Waals surface area contributed by atoms with Crippen LogP contribution in [0, 0.1) is 0 Å². The van der Waals surface area contributed by atoms with Crippen LogP contribution in [0.15, 0.2) is 36.7 Å². The number of carbonyl (C=O) groups is 1. The molecule has 104 valence electrons. The maximum atomic E-state index is 11.7. The highest BCUT2D eigenvalue weighted by atomic mass is 35.5. The van der Waals surface area contributed by atoms with Crippen LogP contribution in [0.1, 0.15) is 23.8 Å². The lowest BCUT2D eigenvalue weighted by atomic mass is 10.3. The van der Waals surface area contributed by atoms with E-state index < -0.39 is 0 Å². The zero-order valence-electron chi connectivity index (χ0n) is 11.1. The third-order valence-electron chi connectivity index (χ3n) is 2.56.